The van der Waals surface area contributed by atoms with Gasteiger partial charge in [-0.2, -0.15) is 15.0 Å². The van der Waals surface area contributed by atoms with E-state index in [2.05, 4.69) is 25.7 Å². The monoisotopic (exact) mass is 364 g/mol. The Bertz CT molecular complexity index is 1080. The van der Waals surface area contributed by atoms with Crippen LogP contribution in [0.4, 0.5) is 0 Å². The third kappa shape index (κ3) is 2.94. The molecule has 0 unspecified atom stereocenters. The van der Waals surface area contributed by atoms with Gasteiger partial charge in [0.2, 0.25) is 5.91 Å². The van der Waals surface area contributed by atoms with Gasteiger partial charge in [-0.15, -0.1) is 5.10 Å². The normalized spacial score (nSPS) is 14.6. The van der Waals surface area contributed by atoms with Gasteiger partial charge in [0.25, 0.3) is 0 Å². The molecular weight excluding hydrogens is 348 g/mol. The maximum absolute atomic E-state index is 12.5. The SMILES string of the molecule is O=C(Cc1noc2ccccc12)N1CC(n2cc(Cn3nccn3)nn2)C1. The van der Waals surface area contributed by atoms with Crippen molar-refractivity contribution in [1.29, 1.82) is 0 Å². The molecule has 1 aliphatic heterocycles. The molecule has 0 saturated carbocycles. The molecule has 0 radical (unpaired) electrons. The smallest absolute Gasteiger partial charge is 0.228 e. The van der Waals surface area contributed by atoms with Gasteiger partial charge >= 0.3 is 0 Å². The maximum atomic E-state index is 12.5. The first-order valence-corrected chi connectivity index (χ1v) is 8.62. The fraction of sp³-hybridized carbons (Fsp3) is 0.294. The highest BCUT2D eigenvalue weighted by atomic mass is 16.5. The Morgan fingerprint density at radius 2 is 2.00 bits per heavy atom. The molecule has 10 heteroatoms. The molecule has 0 N–H and O–H groups in total. The van der Waals surface area contributed by atoms with E-state index in [4.69, 9.17) is 4.52 Å². The van der Waals surface area contributed by atoms with E-state index in [1.54, 1.807) is 26.8 Å². The van der Waals surface area contributed by atoms with Crippen LogP contribution in [-0.4, -0.2) is 59.0 Å². The lowest BCUT2D eigenvalue weighted by Crippen LogP contribution is -2.51. The fourth-order valence-electron chi connectivity index (χ4n) is 3.18. The van der Waals surface area contributed by atoms with Crippen molar-refractivity contribution in [3.63, 3.8) is 0 Å². The number of fused-ring (bicyclic) bond motifs is 1. The van der Waals surface area contributed by atoms with Gasteiger partial charge in [-0.3, -0.25) is 4.79 Å². The van der Waals surface area contributed by atoms with E-state index in [1.165, 1.54) is 0 Å². The molecule has 0 spiro atoms. The zero-order valence-corrected chi connectivity index (χ0v) is 14.3. The van der Waals surface area contributed by atoms with E-state index >= 15 is 0 Å². The summed E-state index contributed by atoms with van der Waals surface area (Å²) in [6, 6.07) is 7.69. The van der Waals surface area contributed by atoms with Gasteiger partial charge in [0.15, 0.2) is 5.58 Å². The molecule has 3 aromatic heterocycles. The molecule has 0 atom stereocenters. The van der Waals surface area contributed by atoms with Gasteiger partial charge in [-0.1, -0.05) is 22.5 Å². The molecule has 10 nitrogen and oxygen atoms in total. The van der Waals surface area contributed by atoms with Crippen molar-refractivity contribution < 1.29 is 9.32 Å². The molecule has 0 aliphatic carbocycles. The number of carbonyl (C=O) groups excluding carboxylic acids is 1. The third-order valence-electron chi connectivity index (χ3n) is 4.69. The summed E-state index contributed by atoms with van der Waals surface area (Å²) < 4.78 is 7.06. The van der Waals surface area contributed by atoms with Crippen LogP contribution >= 0.6 is 0 Å². The van der Waals surface area contributed by atoms with Gasteiger partial charge in [0, 0.05) is 18.5 Å². The number of hydrogen-bond acceptors (Lipinski definition) is 7. The van der Waals surface area contributed by atoms with E-state index in [-0.39, 0.29) is 18.4 Å². The number of rotatable bonds is 5. The zero-order chi connectivity index (χ0) is 18.2. The average molecular weight is 364 g/mol. The summed E-state index contributed by atoms with van der Waals surface area (Å²) in [5.41, 5.74) is 2.16. The van der Waals surface area contributed by atoms with Crippen LogP contribution in [0.15, 0.2) is 47.4 Å². The van der Waals surface area contributed by atoms with Gasteiger partial charge in [0.1, 0.15) is 17.9 Å². The van der Waals surface area contributed by atoms with Crippen molar-refractivity contribution in [3.8, 4) is 0 Å². The summed E-state index contributed by atoms with van der Waals surface area (Å²) in [5, 5.41) is 21.3. The van der Waals surface area contributed by atoms with Gasteiger partial charge in [-0.25, -0.2) is 4.68 Å². The van der Waals surface area contributed by atoms with Crippen LogP contribution in [0.3, 0.4) is 0 Å². The molecule has 4 aromatic rings. The summed E-state index contributed by atoms with van der Waals surface area (Å²) >= 11 is 0. The molecule has 1 aliphatic rings. The Morgan fingerprint density at radius 1 is 1.19 bits per heavy atom. The van der Waals surface area contributed by atoms with Crippen molar-refractivity contribution in [1.82, 2.24) is 40.0 Å². The lowest BCUT2D eigenvalue weighted by Gasteiger charge is -2.38. The van der Waals surface area contributed by atoms with Crippen LogP contribution in [0.2, 0.25) is 0 Å². The van der Waals surface area contributed by atoms with Crippen molar-refractivity contribution in [2.45, 2.75) is 19.0 Å². The second kappa shape index (κ2) is 6.31. The summed E-state index contributed by atoms with van der Waals surface area (Å²) in [6.07, 6.45) is 5.36. The van der Waals surface area contributed by atoms with Gasteiger partial charge < -0.3 is 9.42 Å². The number of likely N-dealkylation sites (tertiary alicyclic amines) is 1. The number of nitrogens with zero attached hydrogens (tertiary/aromatic N) is 8. The van der Waals surface area contributed by atoms with Crippen molar-refractivity contribution in [3.05, 3.63) is 54.2 Å². The molecule has 27 heavy (non-hydrogen) atoms. The Morgan fingerprint density at radius 3 is 2.85 bits per heavy atom. The van der Waals surface area contributed by atoms with Crippen LogP contribution in [0.1, 0.15) is 17.4 Å². The van der Waals surface area contributed by atoms with E-state index in [0.29, 0.717) is 30.9 Å². The predicted molar refractivity (Wildman–Crippen MR) is 92.5 cm³/mol. The lowest BCUT2D eigenvalue weighted by atomic mass is 10.1. The predicted octanol–water partition coefficient (Wildman–Crippen LogP) is 0.685. The summed E-state index contributed by atoms with van der Waals surface area (Å²) in [4.78, 5) is 15.9. The highest BCUT2D eigenvalue weighted by molar-refractivity contribution is 5.86. The second-order valence-electron chi connectivity index (χ2n) is 6.50. The van der Waals surface area contributed by atoms with E-state index in [1.807, 2.05) is 30.5 Å². The Kier molecular flexibility index (Phi) is 3.66. The minimum Gasteiger partial charge on any atom is -0.356 e. The number of hydrogen-bond donors (Lipinski definition) is 0. The number of benzene rings is 1. The van der Waals surface area contributed by atoms with Gasteiger partial charge in [0.05, 0.1) is 31.1 Å². The highest BCUT2D eigenvalue weighted by Crippen LogP contribution is 2.23. The first-order valence-electron chi connectivity index (χ1n) is 8.62. The van der Waals surface area contributed by atoms with Crippen LogP contribution in [-0.2, 0) is 17.8 Å². The molecule has 0 bridgehead atoms. The van der Waals surface area contributed by atoms with Crippen molar-refractivity contribution in [2.75, 3.05) is 13.1 Å². The molecular formula is C17H16N8O2. The third-order valence-corrected chi connectivity index (χ3v) is 4.69. The fourth-order valence-corrected chi connectivity index (χ4v) is 3.18. The lowest BCUT2D eigenvalue weighted by molar-refractivity contribution is -0.136. The van der Waals surface area contributed by atoms with E-state index in [0.717, 1.165) is 11.1 Å². The Balaban J connectivity index is 1.19. The largest absolute Gasteiger partial charge is 0.356 e. The van der Waals surface area contributed by atoms with E-state index in [9.17, 15) is 4.79 Å². The van der Waals surface area contributed by atoms with Gasteiger partial charge in [-0.05, 0) is 12.1 Å². The van der Waals surface area contributed by atoms with Crippen LogP contribution in [0, 0.1) is 0 Å². The van der Waals surface area contributed by atoms with E-state index < -0.39 is 0 Å². The summed E-state index contributed by atoms with van der Waals surface area (Å²) in [5.74, 6) is 0.0337. The molecule has 1 fully saturated rings. The Labute approximate surface area is 153 Å². The van der Waals surface area contributed by atoms with Crippen molar-refractivity contribution >= 4 is 16.9 Å². The quantitative estimate of drug-likeness (QED) is 0.512. The van der Waals surface area contributed by atoms with Crippen LogP contribution < -0.4 is 0 Å². The average Bonchev–Trinajstić information content (AvgIpc) is 3.37. The maximum Gasteiger partial charge on any atom is 0.228 e. The standard InChI is InChI=1S/C17H16N8O2/c26-17(7-15-14-3-1-2-4-16(14)27-21-15)23-10-13(11-23)24-8-12(20-22-24)9-25-18-5-6-19-25/h1-6,8,13H,7,9-11H2. The zero-order valence-electron chi connectivity index (χ0n) is 14.3. The van der Waals surface area contributed by atoms with Crippen molar-refractivity contribution in [2.24, 2.45) is 0 Å². The molecule has 1 amide bonds. The molecule has 1 saturated heterocycles. The molecule has 1 aromatic carbocycles. The molecule has 4 heterocycles. The number of aromatic nitrogens is 7. The summed E-state index contributed by atoms with van der Waals surface area (Å²) in [6.45, 7) is 1.69. The first-order chi connectivity index (χ1) is 13.3. The molecule has 136 valence electrons. The van der Waals surface area contributed by atoms with Crippen LogP contribution in [0.25, 0.3) is 11.0 Å². The number of carbonyl (C=O) groups is 1. The first kappa shape index (κ1) is 15.7. The minimum atomic E-state index is 0.0337. The minimum absolute atomic E-state index is 0.0337. The summed E-state index contributed by atoms with van der Waals surface area (Å²) in [7, 11) is 0. The molecule has 5 rings (SSSR count). The number of amides is 1. The van der Waals surface area contributed by atoms with Crippen LogP contribution in [0.5, 0.6) is 0 Å². The Hall–Kier alpha value is -3.56. The topological polar surface area (TPSA) is 108 Å². The second-order valence-corrected chi connectivity index (χ2v) is 6.50. The highest BCUT2D eigenvalue weighted by Gasteiger charge is 2.33. The number of para-hydroxylation sites is 1.